The van der Waals surface area contributed by atoms with Crippen molar-refractivity contribution in [1.29, 1.82) is 0 Å². The number of fused-ring (bicyclic) bond motifs is 3. The highest BCUT2D eigenvalue weighted by Gasteiger charge is 2.10. The van der Waals surface area contributed by atoms with Crippen molar-refractivity contribution in [2.45, 2.75) is 11.7 Å². The minimum Gasteiger partial charge on any atom is -0.351 e. The summed E-state index contributed by atoms with van der Waals surface area (Å²) in [5.74, 6) is 0.207. The number of para-hydroxylation sites is 1. The molecule has 6 nitrogen and oxygen atoms in total. The number of nitrogens with zero attached hydrogens (tertiary/aromatic N) is 4. The van der Waals surface area contributed by atoms with Crippen molar-refractivity contribution in [3.8, 4) is 0 Å². The number of amides is 1. The maximum absolute atomic E-state index is 12.1. The number of thioether (sulfide) groups is 1. The first-order chi connectivity index (χ1) is 12.7. The summed E-state index contributed by atoms with van der Waals surface area (Å²) >= 11 is 4.70. The molecule has 0 aliphatic heterocycles. The minimum atomic E-state index is -0.0558. The number of benzene rings is 2. The van der Waals surface area contributed by atoms with Gasteiger partial charge in [-0.2, -0.15) is 0 Å². The third-order valence-electron chi connectivity index (χ3n) is 3.80. The van der Waals surface area contributed by atoms with Crippen molar-refractivity contribution in [3.63, 3.8) is 0 Å². The van der Waals surface area contributed by atoms with Crippen LogP contribution in [-0.2, 0) is 11.3 Å². The van der Waals surface area contributed by atoms with Crippen LogP contribution in [0.25, 0.3) is 16.6 Å². The van der Waals surface area contributed by atoms with Gasteiger partial charge in [-0.3, -0.25) is 4.79 Å². The van der Waals surface area contributed by atoms with Crippen LogP contribution in [0, 0.1) is 0 Å². The normalized spacial score (nSPS) is 11.1. The quantitative estimate of drug-likeness (QED) is 0.493. The van der Waals surface area contributed by atoms with Gasteiger partial charge in [-0.05, 0) is 29.8 Å². The van der Waals surface area contributed by atoms with E-state index in [0.29, 0.717) is 11.7 Å². The van der Waals surface area contributed by atoms with Crippen molar-refractivity contribution >= 4 is 50.1 Å². The lowest BCUT2D eigenvalue weighted by molar-refractivity contribution is -0.118. The maximum Gasteiger partial charge on any atom is 0.230 e. The second-order valence-electron chi connectivity index (χ2n) is 5.62. The standard InChI is InChI=1S/C18H14BrN5OS/c19-13-7-5-12(6-8-13)9-20-16(25)10-26-18-22-17-14-3-1-2-4-15(14)21-11-24(17)23-18/h1-8,11H,9-10H2,(H,20,25). The average molecular weight is 428 g/mol. The Morgan fingerprint density at radius 3 is 2.81 bits per heavy atom. The summed E-state index contributed by atoms with van der Waals surface area (Å²) in [7, 11) is 0. The number of aromatic nitrogens is 4. The van der Waals surface area contributed by atoms with E-state index in [1.807, 2.05) is 48.5 Å². The van der Waals surface area contributed by atoms with Crippen LogP contribution in [0.3, 0.4) is 0 Å². The second kappa shape index (κ2) is 7.43. The van der Waals surface area contributed by atoms with Crippen LogP contribution in [0.5, 0.6) is 0 Å². The minimum absolute atomic E-state index is 0.0558. The van der Waals surface area contributed by atoms with E-state index in [0.717, 1.165) is 26.6 Å². The Hall–Kier alpha value is -2.45. The lowest BCUT2D eigenvalue weighted by atomic mass is 10.2. The third kappa shape index (κ3) is 3.71. The van der Waals surface area contributed by atoms with Crippen molar-refractivity contribution < 1.29 is 4.79 Å². The molecule has 4 aromatic rings. The number of halogens is 1. The zero-order chi connectivity index (χ0) is 17.9. The molecule has 2 aromatic carbocycles. The third-order valence-corrected chi connectivity index (χ3v) is 5.16. The monoisotopic (exact) mass is 427 g/mol. The molecule has 0 unspecified atom stereocenters. The topological polar surface area (TPSA) is 72.2 Å². The number of carbonyl (C=O) groups excluding carboxylic acids is 1. The molecule has 4 rings (SSSR count). The molecule has 0 fully saturated rings. The molecule has 1 amide bonds. The molecule has 0 aliphatic carbocycles. The highest BCUT2D eigenvalue weighted by atomic mass is 79.9. The van der Waals surface area contributed by atoms with Gasteiger partial charge in [0.1, 0.15) is 6.33 Å². The molecule has 0 aliphatic rings. The molecular weight excluding hydrogens is 414 g/mol. The van der Waals surface area contributed by atoms with Gasteiger partial charge in [-0.25, -0.2) is 14.5 Å². The summed E-state index contributed by atoms with van der Waals surface area (Å²) in [4.78, 5) is 21.0. The summed E-state index contributed by atoms with van der Waals surface area (Å²) in [5.41, 5.74) is 2.67. The van der Waals surface area contributed by atoms with Crippen molar-refractivity contribution in [2.24, 2.45) is 0 Å². The Labute approximate surface area is 162 Å². The Morgan fingerprint density at radius 2 is 1.96 bits per heavy atom. The van der Waals surface area contributed by atoms with Crippen molar-refractivity contribution in [2.75, 3.05) is 5.75 Å². The zero-order valence-corrected chi connectivity index (χ0v) is 16.0. The first-order valence-corrected chi connectivity index (χ1v) is 9.71. The van der Waals surface area contributed by atoms with Gasteiger partial charge < -0.3 is 5.32 Å². The summed E-state index contributed by atoms with van der Waals surface area (Å²) < 4.78 is 2.66. The van der Waals surface area contributed by atoms with Crippen LogP contribution in [0.4, 0.5) is 0 Å². The van der Waals surface area contributed by atoms with Gasteiger partial charge in [-0.15, -0.1) is 5.10 Å². The highest BCUT2D eigenvalue weighted by molar-refractivity contribution is 9.10. The van der Waals surface area contributed by atoms with E-state index in [9.17, 15) is 4.79 Å². The van der Waals surface area contributed by atoms with E-state index < -0.39 is 0 Å². The average Bonchev–Trinajstić information content (AvgIpc) is 3.09. The zero-order valence-electron chi connectivity index (χ0n) is 13.6. The molecule has 0 atom stereocenters. The van der Waals surface area contributed by atoms with E-state index in [1.54, 1.807) is 10.8 Å². The van der Waals surface area contributed by atoms with E-state index in [2.05, 4.69) is 36.3 Å². The number of hydrogen-bond donors (Lipinski definition) is 1. The molecule has 0 saturated heterocycles. The fourth-order valence-corrected chi connectivity index (χ4v) is 3.43. The molecule has 0 bridgehead atoms. The lowest BCUT2D eigenvalue weighted by Gasteiger charge is -2.04. The summed E-state index contributed by atoms with van der Waals surface area (Å²) in [6.45, 7) is 0.500. The predicted octanol–water partition coefficient (Wildman–Crippen LogP) is 3.45. The van der Waals surface area contributed by atoms with Gasteiger partial charge >= 0.3 is 0 Å². The van der Waals surface area contributed by atoms with E-state index >= 15 is 0 Å². The molecule has 2 aromatic heterocycles. The van der Waals surface area contributed by atoms with E-state index in [-0.39, 0.29) is 11.7 Å². The molecule has 0 radical (unpaired) electrons. The summed E-state index contributed by atoms with van der Waals surface area (Å²) in [6, 6.07) is 15.6. The SMILES string of the molecule is O=C(CSc1nc2c3ccccc3ncn2n1)NCc1ccc(Br)cc1. The maximum atomic E-state index is 12.1. The van der Waals surface area contributed by atoms with Crippen LogP contribution in [-0.4, -0.2) is 31.2 Å². The molecule has 8 heteroatoms. The summed E-state index contributed by atoms with van der Waals surface area (Å²) in [6.07, 6.45) is 1.64. The number of carbonyl (C=O) groups is 1. The van der Waals surface area contributed by atoms with Crippen LogP contribution < -0.4 is 5.32 Å². The molecule has 1 N–H and O–H groups in total. The molecule has 130 valence electrons. The Balaban J connectivity index is 1.40. The van der Waals surface area contributed by atoms with Gasteiger partial charge in [0, 0.05) is 16.4 Å². The largest absolute Gasteiger partial charge is 0.351 e. The van der Waals surface area contributed by atoms with Crippen LogP contribution in [0.1, 0.15) is 5.56 Å². The fraction of sp³-hybridized carbons (Fsp3) is 0.111. The number of hydrogen-bond acceptors (Lipinski definition) is 5. The van der Waals surface area contributed by atoms with Crippen LogP contribution >= 0.6 is 27.7 Å². The van der Waals surface area contributed by atoms with Gasteiger partial charge in [-0.1, -0.05) is 52.0 Å². The van der Waals surface area contributed by atoms with Crippen molar-refractivity contribution in [3.05, 3.63) is 64.9 Å². The molecule has 2 heterocycles. The lowest BCUT2D eigenvalue weighted by Crippen LogP contribution is -2.24. The Morgan fingerprint density at radius 1 is 1.15 bits per heavy atom. The molecule has 0 saturated carbocycles. The summed E-state index contributed by atoms with van der Waals surface area (Å²) in [5, 5.41) is 8.78. The fourth-order valence-electron chi connectivity index (χ4n) is 2.51. The van der Waals surface area contributed by atoms with Gasteiger partial charge in [0.15, 0.2) is 5.65 Å². The predicted molar refractivity (Wildman–Crippen MR) is 105 cm³/mol. The van der Waals surface area contributed by atoms with Gasteiger partial charge in [0.25, 0.3) is 0 Å². The van der Waals surface area contributed by atoms with Gasteiger partial charge in [0.2, 0.25) is 11.1 Å². The Kier molecular flexibility index (Phi) is 4.85. The number of rotatable bonds is 5. The number of nitrogens with one attached hydrogen (secondary N) is 1. The van der Waals surface area contributed by atoms with Crippen molar-refractivity contribution in [1.82, 2.24) is 24.9 Å². The molecular formula is C18H14BrN5OS. The highest BCUT2D eigenvalue weighted by Crippen LogP contribution is 2.20. The molecule has 26 heavy (non-hydrogen) atoms. The first kappa shape index (κ1) is 17.0. The smallest absolute Gasteiger partial charge is 0.230 e. The van der Waals surface area contributed by atoms with Crippen LogP contribution in [0.2, 0.25) is 0 Å². The second-order valence-corrected chi connectivity index (χ2v) is 7.47. The first-order valence-electron chi connectivity index (χ1n) is 7.93. The van der Waals surface area contributed by atoms with E-state index in [4.69, 9.17) is 0 Å². The molecule has 0 spiro atoms. The Bertz CT molecular complexity index is 1080. The van der Waals surface area contributed by atoms with E-state index in [1.165, 1.54) is 11.8 Å². The van der Waals surface area contributed by atoms with Crippen LogP contribution in [0.15, 0.2) is 64.5 Å². The van der Waals surface area contributed by atoms with Gasteiger partial charge in [0.05, 0.1) is 11.3 Å².